The molecule has 0 radical (unpaired) electrons. The van der Waals surface area contributed by atoms with Crippen molar-refractivity contribution in [2.24, 2.45) is 0 Å². The topological polar surface area (TPSA) is 26.3 Å². The minimum atomic E-state index is -4.74. The third-order valence-electron chi connectivity index (χ3n) is 3.36. The fourth-order valence-corrected chi connectivity index (χ4v) is 3.26. The third kappa shape index (κ3) is 3.49. The molecule has 1 heterocycles. The Bertz CT molecular complexity index is 875. The molecule has 0 aliphatic carbocycles. The summed E-state index contributed by atoms with van der Waals surface area (Å²) >= 11 is 1.36. The molecule has 3 rings (SSSR count). The van der Waals surface area contributed by atoms with Crippen molar-refractivity contribution < 1.29 is 22.7 Å². The van der Waals surface area contributed by atoms with Crippen LogP contribution in [0.25, 0.3) is 15.7 Å². The first-order valence-corrected chi connectivity index (χ1v) is 7.73. The third-order valence-corrected chi connectivity index (χ3v) is 4.47. The predicted molar refractivity (Wildman–Crippen MR) is 88.3 cm³/mol. The molecule has 0 atom stereocenters. The molecule has 0 saturated heterocycles. The van der Waals surface area contributed by atoms with Gasteiger partial charge in [-0.15, -0.1) is 24.5 Å². The number of hydrogen-bond acceptors (Lipinski definition) is 3. The van der Waals surface area contributed by atoms with Crippen LogP contribution in [0, 0.1) is 0 Å². The van der Waals surface area contributed by atoms with Crippen LogP contribution in [-0.2, 0) is 0 Å². The number of allylic oxidation sites excluding steroid dienone is 1. The lowest BCUT2D eigenvalue weighted by Gasteiger charge is -2.09. The van der Waals surface area contributed by atoms with Crippen LogP contribution in [0.4, 0.5) is 13.2 Å². The van der Waals surface area contributed by atoms with Crippen molar-refractivity contribution in [3.63, 3.8) is 0 Å². The maximum absolute atomic E-state index is 12.5. The second kappa shape index (κ2) is 6.13. The Kier molecular flexibility index (Phi) is 4.15. The second-order valence-corrected chi connectivity index (χ2v) is 6.11. The van der Waals surface area contributed by atoms with E-state index in [0.29, 0.717) is 10.4 Å². The Balaban J connectivity index is 1.81. The highest BCUT2D eigenvalue weighted by molar-refractivity contribution is 7.21. The highest BCUT2D eigenvalue weighted by Gasteiger charge is 2.31. The number of benzene rings is 2. The molecular formula is C18H11F3O2S. The van der Waals surface area contributed by atoms with Crippen LogP contribution in [0.5, 0.6) is 5.75 Å². The second-order valence-electron chi connectivity index (χ2n) is 5.03. The van der Waals surface area contributed by atoms with E-state index in [2.05, 4.69) is 11.3 Å². The summed E-state index contributed by atoms with van der Waals surface area (Å²) in [6.07, 6.45) is -4.74. The SMILES string of the molecule is C=C(C(=O)c1cc2ccccc2s1)c1ccc(OC(F)(F)F)cc1. The van der Waals surface area contributed by atoms with Crippen molar-refractivity contribution in [1.82, 2.24) is 0 Å². The summed E-state index contributed by atoms with van der Waals surface area (Å²) in [5.41, 5.74) is 0.673. The number of rotatable bonds is 4. The molecule has 6 heteroatoms. The first kappa shape index (κ1) is 16.3. The number of carbonyl (C=O) groups excluding carboxylic acids is 1. The van der Waals surface area contributed by atoms with Gasteiger partial charge < -0.3 is 4.74 Å². The van der Waals surface area contributed by atoms with Gasteiger partial charge in [-0.1, -0.05) is 36.9 Å². The quantitative estimate of drug-likeness (QED) is 0.447. The molecule has 0 unspecified atom stereocenters. The zero-order valence-electron chi connectivity index (χ0n) is 12.3. The molecule has 0 N–H and O–H groups in total. The highest BCUT2D eigenvalue weighted by atomic mass is 32.1. The van der Waals surface area contributed by atoms with Crippen LogP contribution in [0.2, 0.25) is 0 Å². The van der Waals surface area contributed by atoms with Crippen LogP contribution in [-0.4, -0.2) is 12.1 Å². The molecule has 122 valence electrons. The number of halogens is 3. The van der Waals surface area contributed by atoms with Gasteiger partial charge in [0.2, 0.25) is 5.78 Å². The van der Waals surface area contributed by atoms with Gasteiger partial charge in [-0.05, 0) is 35.2 Å². The van der Waals surface area contributed by atoms with Crippen LogP contribution < -0.4 is 4.74 Å². The first-order chi connectivity index (χ1) is 11.3. The molecule has 2 nitrogen and oxygen atoms in total. The largest absolute Gasteiger partial charge is 0.573 e. The zero-order chi connectivity index (χ0) is 17.3. The van der Waals surface area contributed by atoms with Gasteiger partial charge in [-0.25, -0.2) is 0 Å². The Morgan fingerprint density at radius 3 is 2.33 bits per heavy atom. The fraction of sp³-hybridized carbons (Fsp3) is 0.0556. The molecule has 0 aliphatic heterocycles. The van der Waals surface area contributed by atoms with E-state index in [-0.39, 0.29) is 17.1 Å². The standard InChI is InChI=1S/C18H11F3O2S/c1-11(12-6-8-14(9-7-12)23-18(19,20)21)17(22)16-10-13-4-2-3-5-15(13)24-16/h2-10H,1H2. The molecule has 2 aromatic carbocycles. The number of thiophene rings is 1. The van der Waals surface area contributed by atoms with Crippen molar-refractivity contribution in [2.75, 3.05) is 0 Å². The van der Waals surface area contributed by atoms with Crippen molar-refractivity contribution >= 4 is 32.8 Å². The van der Waals surface area contributed by atoms with E-state index < -0.39 is 6.36 Å². The van der Waals surface area contributed by atoms with Gasteiger partial charge in [0.05, 0.1) is 4.88 Å². The Morgan fingerprint density at radius 2 is 1.71 bits per heavy atom. The number of Topliss-reactive ketones (excluding diaryl/α,β-unsaturated/α-hetero) is 1. The lowest BCUT2D eigenvalue weighted by molar-refractivity contribution is -0.274. The number of carbonyl (C=O) groups is 1. The molecule has 0 spiro atoms. The maximum atomic E-state index is 12.5. The molecule has 1 aromatic heterocycles. The van der Waals surface area contributed by atoms with E-state index >= 15 is 0 Å². The molecule has 0 fully saturated rings. The van der Waals surface area contributed by atoms with E-state index in [1.807, 2.05) is 24.3 Å². The maximum Gasteiger partial charge on any atom is 0.573 e. The van der Waals surface area contributed by atoms with Crippen LogP contribution >= 0.6 is 11.3 Å². The average molecular weight is 348 g/mol. The lowest BCUT2D eigenvalue weighted by Crippen LogP contribution is -2.17. The Labute approximate surface area is 139 Å². The normalized spacial score (nSPS) is 11.5. The first-order valence-electron chi connectivity index (χ1n) is 6.92. The van der Waals surface area contributed by atoms with Gasteiger partial charge >= 0.3 is 6.36 Å². The fourth-order valence-electron chi connectivity index (χ4n) is 2.23. The van der Waals surface area contributed by atoms with Crippen LogP contribution in [0.3, 0.4) is 0 Å². The van der Waals surface area contributed by atoms with E-state index in [1.165, 1.54) is 23.5 Å². The average Bonchev–Trinajstić information content (AvgIpc) is 2.96. The number of fused-ring (bicyclic) bond motifs is 1. The van der Waals surface area contributed by atoms with Crippen LogP contribution in [0.15, 0.2) is 61.2 Å². The Morgan fingerprint density at radius 1 is 1.04 bits per heavy atom. The minimum absolute atomic E-state index is 0.222. The molecule has 0 bridgehead atoms. The molecule has 24 heavy (non-hydrogen) atoms. The molecule has 3 aromatic rings. The summed E-state index contributed by atoms with van der Waals surface area (Å²) < 4.78 is 41.3. The number of ketones is 1. The molecule has 0 aliphatic rings. The molecular weight excluding hydrogens is 337 g/mol. The summed E-state index contributed by atoms with van der Waals surface area (Å²) in [5, 5.41) is 0.965. The van der Waals surface area contributed by atoms with Gasteiger partial charge in [-0.3, -0.25) is 4.79 Å². The van der Waals surface area contributed by atoms with Crippen molar-refractivity contribution in [3.8, 4) is 5.75 Å². The Hall–Kier alpha value is -2.60. The predicted octanol–water partition coefficient (Wildman–Crippen LogP) is 5.70. The summed E-state index contributed by atoms with van der Waals surface area (Å²) in [5.74, 6) is -0.589. The van der Waals surface area contributed by atoms with Crippen molar-refractivity contribution in [2.45, 2.75) is 6.36 Å². The van der Waals surface area contributed by atoms with Gasteiger partial charge in [0, 0.05) is 10.3 Å². The summed E-state index contributed by atoms with van der Waals surface area (Å²) in [6.45, 7) is 3.77. The van der Waals surface area contributed by atoms with Gasteiger partial charge in [-0.2, -0.15) is 0 Å². The van der Waals surface area contributed by atoms with E-state index in [9.17, 15) is 18.0 Å². The summed E-state index contributed by atoms with van der Waals surface area (Å²) in [7, 11) is 0. The summed E-state index contributed by atoms with van der Waals surface area (Å²) in [4.78, 5) is 13.1. The monoisotopic (exact) mass is 348 g/mol. The highest BCUT2D eigenvalue weighted by Crippen LogP contribution is 2.30. The van der Waals surface area contributed by atoms with E-state index in [0.717, 1.165) is 22.2 Å². The van der Waals surface area contributed by atoms with E-state index in [1.54, 1.807) is 6.07 Å². The van der Waals surface area contributed by atoms with E-state index in [4.69, 9.17) is 0 Å². The molecule has 0 amide bonds. The zero-order valence-corrected chi connectivity index (χ0v) is 13.1. The number of alkyl halides is 3. The van der Waals surface area contributed by atoms with Crippen molar-refractivity contribution in [3.05, 3.63) is 71.6 Å². The van der Waals surface area contributed by atoms with Crippen LogP contribution in [0.1, 0.15) is 15.2 Å². The smallest absolute Gasteiger partial charge is 0.406 e. The number of hydrogen-bond donors (Lipinski definition) is 0. The van der Waals surface area contributed by atoms with Gasteiger partial charge in [0.1, 0.15) is 5.75 Å². The van der Waals surface area contributed by atoms with Gasteiger partial charge in [0.15, 0.2) is 0 Å². The molecule has 0 saturated carbocycles. The number of ether oxygens (including phenoxy) is 1. The minimum Gasteiger partial charge on any atom is -0.406 e. The van der Waals surface area contributed by atoms with Crippen molar-refractivity contribution in [1.29, 1.82) is 0 Å². The van der Waals surface area contributed by atoms with Gasteiger partial charge in [0.25, 0.3) is 0 Å². The lowest BCUT2D eigenvalue weighted by atomic mass is 10.0. The summed E-state index contributed by atoms with van der Waals surface area (Å²) in [6, 6.07) is 14.5.